The van der Waals surface area contributed by atoms with E-state index < -0.39 is 5.91 Å². The summed E-state index contributed by atoms with van der Waals surface area (Å²) in [5.74, 6) is -0.496. The van der Waals surface area contributed by atoms with E-state index in [0.717, 1.165) is 8.66 Å². The van der Waals surface area contributed by atoms with Crippen LogP contribution in [-0.4, -0.2) is 24.1 Å². The summed E-state index contributed by atoms with van der Waals surface area (Å²) in [6.07, 6.45) is 0.322. The van der Waals surface area contributed by atoms with Crippen molar-refractivity contribution in [1.82, 2.24) is 4.90 Å². The SMILES string of the molecule is CN(Cc1ccc(Br)s1)C(=O)C=O. The quantitative estimate of drug-likeness (QED) is 0.613. The molecule has 0 fully saturated rings. The Morgan fingerprint density at radius 2 is 2.38 bits per heavy atom. The van der Waals surface area contributed by atoms with Crippen molar-refractivity contribution in [3.8, 4) is 0 Å². The third kappa shape index (κ3) is 2.93. The molecule has 1 aromatic heterocycles. The highest BCUT2D eigenvalue weighted by molar-refractivity contribution is 9.11. The Bertz CT molecular complexity index is 324. The van der Waals surface area contributed by atoms with E-state index >= 15 is 0 Å². The van der Waals surface area contributed by atoms with Crippen molar-refractivity contribution in [1.29, 1.82) is 0 Å². The number of rotatable bonds is 3. The van der Waals surface area contributed by atoms with Crippen molar-refractivity contribution in [2.24, 2.45) is 0 Å². The van der Waals surface area contributed by atoms with Gasteiger partial charge in [0.05, 0.1) is 10.3 Å². The van der Waals surface area contributed by atoms with Gasteiger partial charge in [-0.1, -0.05) is 0 Å². The first kappa shape index (κ1) is 10.4. The number of carbonyl (C=O) groups excluding carboxylic acids is 2. The minimum Gasteiger partial charge on any atom is -0.334 e. The Morgan fingerprint density at radius 1 is 1.69 bits per heavy atom. The standard InChI is InChI=1S/C8H8BrNO2S/c1-10(8(12)5-11)4-6-2-3-7(9)13-6/h2-3,5H,4H2,1H3. The van der Waals surface area contributed by atoms with E-state index in [2.05, 4.69) is 15.9 Å². The van der Waals surface area contributed by atoms with Gasteiger partial charge in [0.2, 0.25) is 6.29 Å². The van der Waals surface area contributed by atoms with Crippen molar-refractivity contribution in [2.45, 2.75) is 6.54 Å². The van der Waals surface area contributed by atoms with Crippen LogP contribution in [0.25, 0.3) is 0 Å². The number of thiophene rings is 1. The average Bonchev–Trinajstić information content (AvgIpc) is 2.49. The summed E-state index contributed by atoms with van der Waals surface area (Å²) in [5, 5.41) is 0. The number of carbonyl (C=O) groups is 2. The second kappa shape index (κ2) is 4.53. The fourth-order valence-corrected chi connectivity index (χ4v) is 2.38. The zero-order valence-corrected chi connectivity index (χ0v) is 9.39. The molecule has 0 aliphatic heterocycles. The number of hydrogen-bond acceptors (Lipinski definition) is 3. The first-order chi connectivity index (χ1) is 6.13. The summed E-state index contributed by atoms with van der Waals surface area (Å²) in [6, 6.07) is 3.84. The predicted molar refractivity (Wildman–Crippen MR) is 54.6 cm³/mol. The topological polar surface area (TPSA) is 37.4 Å². The Labute approximate surface area is 88.5 Å². The lowest BCUT2D eigenvalue weighted by Gasteiger charge is -2.11. The maximum atomic E-state index is 10.9. The van der Waals surface area contributed by atoms with Gasteiger partial charge in [0.1, 0.15) is 0 Å². The molecule has 0 atom stereocenters. The number of likely N-dealkylation sites (N-methyl/N-ethyl adjacent to an activating group) is 1. The summed E-state index contributed by atoms with van der Waals surface area (Å²) in [6.45, 7) is 0.480. The van der Waals surface area contributed by atoms with Crippen molar-refractivity contribution in [3.63, 3.8) is 0 Å². The maximum absolute atomic E-state index is 10.9. The average molecular weight is 262 g/mol. The molecule has 0 bridgehead atoms. The Kier molecular flexibility index (Phi) is 3.62. The summed E-state index contributed by atoms with van der Waals surface area (Å²) < 4.78 is 1.02. The first-order valence-electron chi connectivity index (χ1n) is 3.58. The van der Waals surface area contributed by atoms with E-state index in [0.29, 0.717) is 12.8 Å². The van der Waals surface area contributed by atoms with Gasteiger partial charge >= 0.3 is 0 Å². The van der Waals surface area contributed by atoms with Crippen molar-refractivity contribution in [3.05, 3.63) is 20.8 Å². The fraction of sp³-hybridized carbons (Fsp3) is 0.250. The van der Waals surface area contributed by atoms with Crippen molar-refractivity contribution < 1.29 is 9.59 Å². The van der Waals surface area contributed by atoms with Crippen molar-refractivity contribution >= 4 is 39.5 Å². The molecule has 0 saturated heterocycles. The van der Waals surface area contributed by atoms with Crippen LogP contribution in [0, 0.1) is 0 Å². The molecule has 70 valence electrons. The highest BCUT2D eigenvalue weighted by Gasteiger charge is 2.08. The van der Waals surface area contributed by atoms with Gasteiger partial charge in [0.15, 0.2) is 0 Å². The van der Waals surface area contributed by atoms with E-state index in [1.807, 2.05) is 12.1 Å². The van der Waals surface area contributed by atoms with Crippen LogP contribution in [0.2, 0.25) is 0 Å². The highest BCUT2D eigenvalue weighted by Crippen LogP contribution is 2.22. The third-order valence-corrected chi connectivity index (χ3v) is 3.11. The smallest absolute Gasteiger partial charge is 0.286 e. The molecule has 0 aliphatic carbocycles. The molecule has 1 amide bonds. The molecule has 1 rings (SSSR count). The molecule has 0 aliphatic rings. The largest absolute Gasteiger partial charge is 0.334 e. The van der Waals surface area contributed by atoms with Gasteiger partial charge in [-0.25, -0.2) is 0 Å². The molecule has 0 saturated carbocycles. The van der Waals surface area contributed by atoms with Crippen LogP contribution in [-0.2, 0) is 16.1 Å². The molecule has 5 heteroatoms. The molecular weight excluding hydrogens is 254 g/mol. The first-order valence-corrected chi connectivity index (χ1v) is 5.19. The Morgan fingerprint density at radius 3 is 2.85 bits per heavy atom. The molecule has 0 aromatic carbocycles. The Balaban J connectivity index is 2.59. The molecule has 0 N–H and O–H groups in total. The molecule has 0 unspecified atom stereocenters. The summed E-state index contributed by atoms with van der Waals surface area (Å²) in [4.78, 5) is 23.4. The van der Waals surface area contributed by atoms with Crippen LogP contribution in [0.15, 0.2) is 15.9 Å². The normalized spacial score (nSPS) is 9.69. The second-order valence-electron chi connectivity index (χ2n) is 2.52. The van der Waals surface area contributed by atoms with Gasteiger partial charge in [-0.05, 0) is 28.1 Å². The van der Waals surface area contributed by atoms with Gasteiger partial charge in [-0.3, -0.25) is 9.59 Å². The summed E-state index contributed by atoms with van der Waals surface area (Å²) >= 11 is 4.87. The predicted octanol–water partition coefficient (Wildman–Crippen LogP) is 1.67. The third-order valence-electron chi connectivity index (χ3n) is 1.50. The van der Waals surface area contributed by atoms with E-state index in [-0.39, 0.29) is 0 Å². The number of amides is 1. The molecule has 3 nitrogen and oxygen atoms in total. The van der Waals surface area contributed by atoms with Gasteiger partial charge in [-0.15, -0.1) is 11.3 Å². The van der Waals surface area contributed by atoms with E-state index in [1.165, 1.54) is 4.90 Å². The number of halogens is 1. The molecular formula is C8H8BrNO2S. The zero-order valence-electron chi connectivity index (χ0n) is 6.99. The van der Waals surface area contributed by atoms with Gasteiger partial charge < -0.3 is 4.90 Å². The fourth-order valence-electron chi connectivity index (χ4n) is 0.838. The van der Waals surface area contributed by atoms with Crippen LogP contribution >= 0.6 is 27.3 Å². The van der Waals surface area contributed by atoms with E-state index in [9.17, 15) is 9.59 Å². The van der Waals surface area contributed by atoms with Crippen LogP contribution in [0.3, 0.4) is 0 Å². The van der Waals surface area contributed by atoms with Crippen LogP contribution < -0.4 is 0 Å². The maximum Gasteiger partial charge on any atom is 0.286 e. The summed E-state index contributed by atoms with van der Waals surface area (Å²) in [7, 11) is 1.60. The lowest BCUT2D eigenvalue weighted by molar-refractivity contribution is -0.138. The minimum absolute atomic E-state index is 0.322. The Hall–Kier alpha value is -0.680. The van der Waals surface area contributed by atoms with E-state index in [4.69, 9.17) is 0 Å². The van der Waals surface area contributed by atoms with E-state index in [1.54, 1.807) is 18.4 Å². The van der Waals surface area contributed by atoms with Gasteiger partial charge in [0, 0.05) is 11.9 Å². The van der Waals surface area contributed by atoms with Gasteiger partial charge in [-0.2, -0.15) is 0 Å². The number of aldehydes is 1. The molecule has 13 heavy (non-hydrogen) atoms. The monoisotopic (exact) mass is 261 g/mol. The number of hydrogen-bond donors (Lipinski definition) is 0. The molecule has 0 radical (unpaired) electrons. The van der Waals surface area contributed by atoms with Crippen LogP contribution in [0.1, 0.15) is 4.88 Å². The van der Waals surface area contributed by atoms with Crippen LogP contribution in [0.4, 0.5) is 0 Å². The van der Waals surface area contributed by atoms with Crippen molar-refractivity contribution in [2.75, 3.05) is 7.05 Å². The minimum atomic E-state index is -0.496. The molecule has 0 spiro atoms. The zero-order chi connectivity index (χ0) is 9.84. The van der Waals surface area contributed by atoms with Crippen LogP contribution in [0.5, 0.6) is 0 Å². The summed E-state index contributed by atoms with van der Waals surface area (Å²) in [5.41, 5.74) is 0. The number of nitrogens with zero attached hydrogens (tertiary/aromatic N) is 1. The molecule has 1 heterocycles. The lowest BCUT2D eigenvalue weighted by Crippen LogP contribution is -2.26. The van der Waals surface area contributed by atoms with Gasteiger partial charge in [0.25, 0.3) is 5.91 Å². The highest BCUT2D eigenvalue weighted by atomic mass is 79.9. The molecule has 1 aromatic rings. The second-order valence-corrected chi connectivity index (χ2v) is 5.07. The lowest BCUT2D eigenvalue weighted by atomic mass is 10.4.